The predicted octanol–water partition coefficient (Wildman–Crippen LogP) is 4.89. The summed E-state index contributed by atoms with van der Waals surface area (Å²) in [6, 6.07) is 6.64. The van der Waals surface area contributed by atoms with Crippen molar-refractivity contribution in [3.05, 3.63) is 29.6 Å². The first kappa shape index (κ1) is 24.0. The smallest absolute Gasteiger partial charge is 0.303 e. The molecule has 1 saturated heterocycles. The maximum Gasteiger partial charge on any atom is 0.303 e. The monoisotopic (exact) mass is 443 g/mol. The summed E-state index contributed by atoms with van der Waals surface area (Å²) in [6.07, 6.45) is 2.07. The second-order valence-electron chi connectivity index (χ2n) is 9.50. The Morgan fingerprint density at radius 3 is 2.53 bits per heavy atom. The highest BCUT2D eigenvalue weighted by atomic mass is 16.5. The number of nitrogens with one attached hydrogen (secondary N) is 2. The molecule has 1 atom stereocenters. The molecular weight excluding hydrogens is 406 g/mol. The predicted molar refractivity (Wildman–Crippen MR) is 127 cm³/mol. The minimum absolute atomic E-state index is 0.0915. The van der Waals surface area contributed by atoms with Crippen LogP contribution in [0.25, 0.3) is 0 Å². The number of H-pyrrole nitrogens is 1. The van der Waals surface area contributed by atoms with Gasteiger partial charge in [-0.15, -0.1) is 10.2 Å². The van der Waals surface area contributed by atoms with E-state index < -0.39 is 5.97 Å². The number of rotatable bonds is 10. The van der Waals surface area contributed by atoms with E-state index in [0.717, 1.165) is 55.4 Å². The van der Waals surface area contributed by atoms with Crippen molar-refractivity contribution in [3.63, 3.8) is 0 Å². The van der Waals surface area contributed by atoms with Crippen molar-refractivity contribution in [1.29, 1.82) is 0 Å². The number of hydrogen-bond acceptors (Lipinski definition) is 6. The van der Waals surface area contributed by atoms with Gasteiger partial charge in [0.2, 0.25) is 5.95 Å². The lowest BCUT2D eigenvalue weighted by Crippen LogP contribution is -2.42. The van der Waals surface area contributed by atoms with Crippen molar-refractivity contribution in [2.75, 3.05) is 30.0 Å². The van der Waals surface area contributed by atoms with Crippen molar-refractivity contribution < 1.29 is 14.6 Å². The summed E-state index contributed by atoms with van der Waals surface area (Å²) in [6.45, 7) is 13.0. The van der Waals surface area contributed by atoms with E-state index in [0.29, 0.717) is 17.9 Å². The van der Waals surface area contributed by atoms with Crippen LogP contribution in [0, 0.1) is 5.92 Å². The summed E-state index contributed by atoms with van der Waals surface area (Å²) in [5.74, 6) is 1.27. The van der Waals surface area contributed by atoms with Crippen LogP contribution in [-0.4, -0.2) is 52.1 Å². The third-order valence-corrected chi connectivity index (χ3v) is 5.88. The van der Waals surface area contributed by atoms with E-state index in [1.165, 1.54) is 0 Å². The van der Waals surface area contributed by atoms with Gasteiger partial charge in [-0.3, -0.25) is 4.79 Å². The van der Waals surface area contributed by atoms with E-state index in [2.05, 4.69) is 71.3 Å². The molecule has 0 aliphatic carbocycles. The van der Waals surface area contributed by atoms with E-state index in [1.807, 2.05) is 6.92 Å². The van der Waals surface area contributed by atoms with Crippen LogP contribution >= 0.6 is 0 Å². The van der Waals surface area contributed by atoms with E-state index in [4.69, 9.17) is 4.74 Å². The normalized spacial score (nSPS) is 15.8. The molecule has 3 rings (SSSR count). The van der Waals surface area contributed by atoms with Crippen molar-refractivity contribution in [2.45, 2.75) is 71.8 Å². The molecule has 0 amide bonds. The number of anilines is 3. The molecule has 1 aliphatic heterocycles. The second kappa shape index (κ2) is 10.8. The van der Waals surface area contributed by atoms with Gasteiger partial charge in [0.1, 0.15) is 5.82 Å². The Morgan fingerprint density at radius 2 is 1.94 bits per heavy atom. The van der Waals surface area contributed by atoms with Crippen LogP contribution in [0.3, 0.4) is 0 Å². The molecule has 32 heavy (non-hydrogen) atoms. The Bertz CT molecular complexity index is 890. The third kappa shape index (κ3) is 6.22. The van der Waals surface area contributed by atoms with Gasteiger partial charge >= 0.3 is 5.97 Å². The Morgan fingerprint density at radius 1 is 1.22 bits per heavy atom. The minimum Gasteiger partial charge on any atom is -0.481 e. The number of carbonyl (C=O) groups is 1. The van der Waals surface area contributed by atoms with Crippen LogP contribution in [0.2, 0.25) is 0 Å². The fourth-order valence-electron chi connectivity index (χ4n) is 4.14. The van der Waals surface area contributed by atoms with Crippen LogP contribution in [0.4, 0.5) is 17.3 Å². The molecule has 176 valence electrons. The van der Waals surface area contributed by atoms with E-state index >= 15 is 0 Å². The molecule has 2 heterocycles. The molecule has 0 spiro atoms. The highest BCUT2D eigenvalue weighted by molar-refractivity contribution is 5.75. The lowest BCUT2D eigenvalue weighted by atomic mass is 9.95. The molecule has 3 N–H and O–H groups in total. The summed E-state index contributed by atoms with van der Waals surface area (Å²) in [5.41, 5.74) is 3.00. The number of aromatic amines is 1. The van der Waals surface area contributed by atoms with Gasteiger partial charge in [0.15, 0.2) is 0 Å². The molecule has 8 nitrogen and oxygen atoms in total. The van der Waals surface area contributed by atoms with Crippen molar-refractivity contribution in [1.82, 2.24) is 15.2 Å². The van der Waals surface area contributed by atoms with Gasteiger partial charge < -0.3 is 25.0 Å². The fourth-order valence-corrected chi connectivity index (χ4v) is 4.14. The summed E-state index contributed by atoms with van der Waals surface area (Å²) in [4.78, 5) is 17.0. The Kier molecular flexibility index (Phi) is 8.12. The number of nitrogens with zero attached hydrogens (tertiary/aromatic N) is 3. The maximum absolute atomic E-state index is 11.3. The van der Waals surface area contributed by atoms with Gasteiger partial charge in [-0.05, 0) is 42.4 Å². The van der Waals surface area contributed by atoms with Crippen LogP contribution in [0.1, 0.15) is 77.1 Å². The molecule has 8 heteroatoms. The van der Waals surface area contributed by atoms with Gasteiger partial charge in [-0.25, -0.2) is 0 Å². The van der Waals surface area contributed by atoms with Gasteiger partial charge in [0, 0.05) is 31.7 Å². The largest absolute Gasteiger partial charge is 0.481 e. The average molecular weight is 444 g/mol. The number of benzene rings is 1. The number of ether oxygens (including phenoxy) is 1. The first-order valence-corrected chi connectivity index (χ1v) is 11.6. The van der Waals surface area contributed by atoms with Crippen LogP contribution < -0.4 is 10.2 Å². The third-order valence-electron chi connectivity index (χ3n) is 5.88. The fraction of sp³-hybridized carbons (Fsp3) is 0.625. The van der Waals surface area contributed by atoms with Crippen LogP contribution in [0.15, 0.2) is 18.2 Å². The summed E-state index contributed by atoms with van der Waals surface area (Å²) in [5, 5.41) is 21.2. The van der Waals surface area contributed by atoms with E-state index in [-0.39, 0.29) is 18.3 Å². The lowest BCUT2D eigenvalue weighted by Gasteiger charge is -2.38. The Hall–Kier alpha value is -2.61. The molecule has 2 aromatic rings. The average Bonchev–Trinajstić information content (AvgIpc) is 3.21. The number of aromatic nitrogens is 3. The molecule has 1 fully saturated rings. The van der Waals surface area contributed by atoms with Gasteiger partial charge in [-0.2, -0.15) is 0 Å². The quantitative estimate of drug-likeness (QED) is 0.480. The van der Waals surface area contributed by atoms with Crippen LogP contribution in [0.5, 0.6) is 0 Å². The Labute approximate surface area is 190 Å². The highest BCUT2D eigenvalue weighted by Crippen LogP contribution is 2.35. The number of carboxylic acids is 1. The molecular formula is C24H37N5O3. The summed E-state index contributed by atoms with van der Waals surface area (Å²) >= 11 is 0. The van der Waals surface area contributed by atoms with E-state index in [9.17, 15) is 9.90 Å². The first-order chi connectivity index (χ1) is 15.2. The maximum atomic E-state index is 11.3. The van der Waals surface area contributed by atoms with Crippen molar-refractivity contribution >= 4 is 23.3 Å². The summed E-state index contributed by atoms with van der Waals surface area (Å²) < 4.78 is 5.61. The van der Waals surface area contributed by atoms with Gasteiger partial charge in [0.25, 0.3) is 0 Å². The molecule has 1 aliphatic rings. The van der Waals surface area contributed by atoms with Crippen molar-refractivity contribution in [2.24, 2.45) is 5.92 Å². The highest BCUT2D eigenvalue weighted by Gasteiger charge is 2.25. The molecule has 0 bridgehead atoms. The number of carboxylic acid groups (broad SMARTS) is 1. The molecule has 1 aromatic carbocycles. The Balaban J connectivity index is 2.00. The topological polar surface area (TPSA) is 103 Å². The second-order valence-corrected chi connectivity index (χ2v) is 9.50. The van der Waals surface area contributed by atoms with Gasteiger partial charge in [0.05, 0.1) is 17.8 Å². The van der Waals surface area contributed by atoms with E-state index in [1.54, 1.807) is 0 Å². The van der Waals surface area contributed by atoms with Crippen molar-refractivity contribution in [3.8, 4) is 0 Å². The standard InChI is InChI=1S/C24H37N5O3/c1-15(2)14-29(19-8-10-32-11-9-19)21-7-6-18(17(5)12-22(30)31)13-20(21)25-24-26-23(16(3)4)27-28-24/h6-7,13,15-17,19H,8-12,14H2,1-5H3,(H,30,31)(H2,25,26,27,28)/t17-/m1/s1. The zero-order valence-corrected chi connectivity index (χ0v) is 19.9. The number of hydrogen-bond donors (Lipinski definition) is 3. The van der Waals surface area contributed by atoms with Gasteiger partial charge in [-0.1, -0.05) is 40.7 Å². The zero-order valence-electron chi connectivity index (χ0n) is 19.9. The lowest BCUT2D eigenvalue weighted by molar-refractivity contribution is -0.137. The number of aliphatic carboxylic acids is 1. The molecule has 0 unspecified atom stereocenters. The SMILES string of the molecule is CC(C)CN(c1ccc([C@H](C)CC(=O)O)cc1Nc1nnc(C(C)C)[nH]1)C1CCOCC1. The molecule has 0 radical (unpaired) electrons. The first-order valence-electron chi connectivity index (χ1n) is 11.6. The minimum atomic E-state index is -0.795. The molecule has 0 saturated carbocycles. The molecule has 1 aromatic heterocycles. The zero-order chi connectivity index (χ0) is 23.3. The summed E-state index contributed by atoms with van der Waals surface area (Å²) in [7, 11) is 0. The van der Waals surface area contributed by atoms with Crippen LogP contribution in [-0.2, 0) is 9.53 Å².